The van der Waals surface area contributed by atoms with Gasteiger partial charge in [-0.1, -0.05) is 24.3 Å². The number of likely N-dealkylation sites (tertiary alicyclic amines) is 2. The second kappa shape index (κ2) is 11.4. The van der Waals surface area contributed by atoms with Crippen molar-refractivity contribution in [1.29, 1.82) is 0 Å². The summed E-state index contributed by atoms with van der Waals surface area (Å²) in [5, 5.41) is 0. The minimum Gasteiger partial charge on any atom is -0.370 e. The van der Waals surface area contributed by atoms with Gasteiger partial charge in [0.2, 0.25) is 0 Å². The summed E-state index contributed by atoms with van der Waals surface area (Å²) in [6.45, 7) is 4.65. The minimum atomic E-state index is -0.352. The summed E-state index contributed by atoms with van der Waals surface area (Å²) >= 11 is 0. The summed E-state index contributed by atoms with van der Waals surface area (Å²) in [6.07, 6.45) is 9.26. The molecule has 1 amide bonds. The second-order valence-corrected chi connectivity index (χ2v) is 10.3. The number of hydrogen-bond acceptors (Lipinski definition) is 4. The molecule has 0 radical (unpaired) electrons. The van der Waals surface area contributed by atoms with Gasteiger partial charge in [0.05, 0.1) is 5.57 Å². The highest BCUT2D eigenvalue weighted by molar-refractivity contribution is 5.99. The molecular weight excluding hydrogens is 472 g/mol. The Kier molecular flexibility index (Phi) is 7.79. The molecule has 2 aromatic carbocycles. The van der Waals surface area contributed by atoms with Crippen LogP contribution in [0.15, 0.2) is 72.5 Å². The first kappa shape index (κ1) is 25.3. The van der Waals surface area contributed by atoms with Gasteiger partial charge in [0, 0.05) is 63.0 Å². The predicted octanol–water partition coefficient (Wildman–Crippen LogP) is 4.81. The average Bonchev–Trinajstić information content (AvgIpc) is 2.94. The first-order valence-electron chi connectivity index (χ1n) is 13.2. The number of rotatable bonds is 6. The number of piperidine rings is 2. The Labute approximate surface area is 217 Å². The van der Waals surface area contributed by atoms with Crippen molar-refractivity contribution in [2.75, 3.05) is 32.7 Å². The number of hydrogen-bond donors (Lipinski definition) is 0. The molecule has 5 nitrogen and oxygen atoms in total. The van der Waals surface area contributed by atoms with Crippen LogP contribution < -0.4 is 0 Å². The first-order valence-corrected chi connectivity index (χ1v) is 13.2. The molecule has 0 atom stereocenters. The van der Waals surface area contributed by atoms with E-state index in [1.54, 1.807) is 0 Å². The smallest absolute Gasteiger partial charge is 0.255 e. The van der Waals surface area contributed by atoms with E-state index in [-0.39, 0.29) is 29.2 Å². The van der Waals surface area contributed by atoms with Gasteiger partial charge in [-0.15, -0.1) is 0 Å². The summed E-state index contributed by atoms with van der Waals surface area (Å²) in [7, 11) is 0. The monoisotopic (exact) mass is 505 g/mol. The lowest BCUT2D eigenvalue weighted by molar-refractivity contribution is -0.128. The zero-order valence-corrected chi connectivity index (χ0v) is 21.0. The fourth-order valence-electron chi connectivity index (χ4n) is 5.59. The number of carbonyl (C=O) groups excluding carboxylic acids is 2. The summed E-state index contributed by atoms with van der Waals surface area (Å²) in [5.74, 6) is -0.652. The lowest BCUT2D eigenvalue weighted by atomic mass is 9.88. The SMILES string of the molecule is O=C(c1ccc(F)cc1)C1CCN(C(=O)C2=CN(C3CCN(Cc4ccc(F)cc4)CC3)CC=C2)CC1. The maximum atomic E-state index is 13.3. The van der Waals surface area contributed by atoms with Gasteiger partial charge in [-0.2, -0.15) is 0 Å². The van der Waals surface area contributed by atoms with Crippen molar-refractivity contribution in [1.82, 2.24) is 14.7 Å². The molecule has 0 aliphatic carbocycles. The number of amides is 1. The van der Waals surface area contributed by atoms with Crippen LogP contribution in [0.5, 0.6) is 0 Å². The number of Topliss-reactive ketones (excluding diaryl/α,β-unsaturated/α-hetero) is 1. The van der Waals surface area contributed by atoms with Crippen molar-refractivity contribution in [2.45, 2.75) is 38.3 Å². The molecular formula is C30H33F2N3O2. The van der Waals surface area contributed by atoms with Crippen molar-refractivity contribution in [2.24, 2.45) is 5.92 Å². The number of ketones is 1. The molecule has 0 aromatic heterocycles. The molecule has 194 valence electrons. The average molecular weight is 506 g/mol. The van der Waals surface area contributed by atoms with E-state index in [9.17, 15) is 18.4 Å². The van der Waals surface area contributed by atoms with Crippen LogP contribution in [0.25, 0.3) is 0 Å². The van der Waals surface area contributed by atoms with Crippen LogP contribution in [0.1, 0.15) is 41.6 Å². The van der Waals surface area contributed by atoms with Crippen LogP contribution in [-0.2, 0) is 11.3 Å². The molecule has 2 saturated heterocycles. The van der Waals surface area contributed by atoms with E-state index in [1.165, 1.54) is 36.4 Å². The largest absolute Gasteiger partial charge is 0.370 e. The third kappa shape index (κ3) is 6.16. The van der Waals surface area contributed by atoms with Crippen LogP contribution in [0.4, 0.5) is 8.78 Å². The second-order valence-electron chi connectivity index (χ2n) is 10.3. The summed E-state index contributed by atoms with van der Waals surface area (Å²) in [6, 6.07) is 12.8. The molecule has 0 unspecified atom stereocenters. The molecule has 37 heavy (non-hydrogen) atoms. The Balaban J connectivity index is 1.12. The normalized spacial score (nSPS) is 19.7. The van der Waals surface area contributed by atoms with E-state index >= 15 is 0 Å². The molecule has 3 aliphatic heterocycles. The van der Waals surface area contributed by atoms with Gasteiger partial charge in [0.1, 0.15) is 11.6 Å². The zero-order chi connectivity index (χ0) is 25.8. The van der Waals surface area contributed by atoms with Crippen LogP contribution in [0, 0.1) is 17.6 Å². The highest BCUT2D eigenvalue weighted by Crippen LogP contribution is 2.26. The molecule has 3 heterocycles. The van der Waals surface area contributed by atoms with Crippen molar-refractivity contribution >= 4 is 11.7 Å². The molecule has 7 heteroatoms. The van der Waals surface area contributed by atoms with Crippen molar-refractivity contribution in [3.05, 3.63) is 95.2 Å². The van der Waals surface area contributed by atoms with Gasteiger partial charge in [-0.25, -0.2) is 8.78 Å². The highest BCUT2D eigenvalue weighted by Gasteiger charge is 2.30. The number of carbonyl (C=O) groups is 2. The van der Waals surface area contributed by atoms with E-state index in [1.807, 2.05) is 29.3 Å². The van der Waals surface area contributed by atoms with Gasteiger partial charge in [0.25, 0.3) is 5.91 Å². The number of benzene rings is 2. The van der Waals surface area contributed by atoms with E-state index in [4.69, 9.17) is 0 Å². The predicted molar refractivity (Wildman–Crippen MR) is 139 cm³/mol. The lowest BCUT2D eigenvalue weighted by Crippen LogP contribution is -2.44. The topological polar surface area (TPSA) is 43.9 Å². The Morgan fingerprint density at radius 2 is 1.43 bits per heavy atom. The fourth-order valence-corrected chi connectivity index (χ4v) is 5.59. The molecule has 0 N–H and O–H groups in total. The van der Waals surface area contributed by atoms with Gasteiger partial charge < -0.3 is 9.80 Å². The molecule has 0 spiro atoms. The van der Waals surface area contributed by atoms with E-state index in [2.05, 4.69) is 15.9 Å². The van der Waals surface area contributed by atoms with Crippen LogP contribution >= 0.6 is 0 Å². The Morgan fingerprint density at radius 1 is 0.811 bits per heavy atom. The number of halogens is 2. The Morgan fingerprint density at radius 3 is 2.08 bits per heavy atom. The molecule has 2 aromatic rings. The molecule has 2 fully saturated rings. The summed E-state index contributed by atoms with van der Waals surface area (Å²) in [4.78, 5) is 32.6. The van der Waals surface area contributed by atoms with Gasteiger partial charge >= 0.3 is 0 Å². The van der Waals surface area contributed by atoms with Gasteiger partial charge in [-0.05, 0) is 67.6 Å². The molecule has 0 bridgehead atoms. The maximum Gasteiger partial charge on any atom is 0.255 e. The van der Waals surface area contributed by atoms with Crippen molar-refractivity contribution < 1.29 is 18.4 Å². The molecule has 0 saturated carbocycles. The maximum absolute atomic E-state index is 13.3. The third-order valence-corrected chi connectivity index (χ3v) is 7.79. The van der Waals surface area contributed by atoms with Gasteiger partial charge in [-0.3, -0.25) is 14.5 Å². The van der Waals surface area contributed by atoms with E-state index < -0.39 is 0 Å². The molecule has 3 aliphatic rings. The molecule has 5 rings (SSSR count). The third-order valence-electron chi connectivity index (χ3n) is 7.79. The first-order chi connectivity index (χ1) is 18.0. The fraction of sp³-hybridized carbons (Fsp3) is 0.400. The van der Waals surface area contributed by atoms with Crippen molar-refractivity contribution in [3.8, 4) is 0 Å². The quantitative estimate of drug-likeness (QED) is 0.529. The standard InChI is InChI=1S/C30H33F2N3O2/c31-26-7-3-22(4-8-26)20-33-16-13-28(14-17-33)35-15-1-2-25(21-35)30(37)34-18-11-24(12-19-34)29(36)23-5-9-27(32)10-6-23/h1-10,21,24,28H,11-20H2. The van der Waals surface area contributed by atoms with Crippen LogP contribution in [0.2, 0.25) is 0 Å². The van der Waals surface area contributed by atoms with Crippen molar-refractivity contribution in [3.63, 3.8) is 0 Å². The van der Waals surface area contributed by atoms with E-state index in [0.29, 0.717) is 43.1 Å². The zero-order valence-electron chi connectivity index (χ0n) is 21.0. The highest BCUT2D eigenvalue weighted by atomic mass is 19.1. The van der Waals surface area contributed by atoms with Crippen LogP contribution in [0.3, 0.4) is 0 Å². The minimum absolute atomic E-state index is 0.0161. The van der Waals surface area contributed by atoms with Gasteiger partial charge in [0.15, 0.2) is 5.78 Å². The Bertz CT molecular complexity index is 1160. The Hall–Kier alpha value is -3.32. The summed E-state index contributed by atoms with van der Waals surface area (Å²) < 4.78 is 26.4. The van der Waals surface area contributed by atoms with Crippen LogP contribution in [-0.4, -0.2) is 65.2 Å². The summed E-state index contributed by atoms with van der Waals surface area (Å²) in [5.41, 5.74) is 2.35. The van der Waals surface area contributed by atoms with E-state index in [0.717, 1.165) is 44.6 Å². The lowest BCUT2D eigenvalue weighted by Gasteiger charge is -2.39. The number of nitrogens with zero attached hydrogens (tertiary/aromatic N) is 3.